The molecule has 3 aromatic rings. The summed E-state index contributed by atoms with van der Waals surface area (Å²) in [6, 6.07) is 15.0. The first-order valence-corrected chi connectivity index (χ1v) is 11.5. The minimum Gasteiger partial charge on any atom is -0.357 e. The van der Waals surface area contributed by atoms with Crippen molar-refractivity contribution < 1.29 is 18.0 Å². The summed E-state index contributed by atoms with van der Waals surface area (Å²) in [7, 11) is 1.74. The summed E-state index contributed by atoms with van der Waals surface area (Å²) in [6.45, 7) is -0.146. The van der Waals surface area contributed by atoms with Crippen LogP contribution in [-0.2, 0) is 17.5 Å². The van der Waals surface area contributed by atoms with Crippen LogP contribution < -0.4 is 16.0 Å². The summed E-state index contributed by atoms with van der Waals surface area (Å²) in [6.07, 6.45) is -1.76. The molecule has 10 heteroatoms. The average Bonchev–Trinajstić information content (AvgIpc) is 2.87. The van der Waals surface area contributed by atoms with Crippen molar-refractivity contribution in [2.45, 2.75) is 44.4 Å². The zero-order chi connectivity index (χ0) is 24.8. The van der Waals surface area contributed by atoms with E-state index in [1.54, 1.807) is 7.05 Å². The summed E-state index contributed by atoms with van der Waals surface area (Å²) in [4.78, 5) is 26.0. The molecular formula is C25H27F3N6O. The number of alkyl halides is 3. The van der Waals surface area contributed by atoms with E-state index in [0.717, 1.165) is 24.5 Å². The predicted molar refractivity (Wildman–Crippen MR) is 127 cm³/mol. The van der Waals surface area contributed by atoms with Gasteiger partial charge in [0, 0.05) is 31.1 Å². The van der Waals surface area contributed by atoms with E-state index in [2.05, 4.69) is 30.9 Å². The van der Waals surface area contributed by atoms with Crippen LogP contribution in [0, 0.1) is 5.92 Å². The Morgan fingerprint density at radius 1 is 0.914 bits per heavy atom. The fraction of sp³-hybridized carbons (Fsp3) is 0.360. The third kappa shape index (κ3) is 6.26. The van der Waals surface area contributed by atoms with E-state index < -0.39 is 11.7 Å². The van der Waals surface area contributed by atoms with Gasteiger partial charge in [-0.15, -0.1) is 0 Å². The van der Waals surface area contributed by atoms with Crippen LogP contribution in [0.2, 0.25) is 0 Å². The molecule has 1 aliphatic carbocycles. The van der Waals surface area contributed by atoms with Gasteiger partial charge in [-0.2, -0.15) is 28.1 Å². The van der Waals surface area contributed by atoms with Crippen LogP contribution in [0.3, 0.4) is 0 Å². The van der Waals surface area contributed by atoms with Gasteiger partial charge in [-0.05, 0) is 37.3 Å². The fourth-order valence-electron chi connectivity index (χ4n) is 4.23. The average molecular weight is 485 g/mol. The van der Waals surface area contributed by atoms with E-state index in [4.69, 9.17) is 0 Å². The van der Waals surface area contributed by atoms with Crippen molar-refractivity contribution in [1.82, 2.24) is 20.3 Å². The molecule has 0 saturated heterocycles. The first-order valence-electron chi connectivity index (χ1n) is 11.5. The van der Waals surface area contributed by atoms with Gasteiger partial charge < -0.3 is 16.0 Å². The van der Waals surface area contributed by atoms with Gasteiger partial charge in [-0.25, -0.2) is 0 Å². The molecule has 1 aliphatic rings. The molecule has 1 saturated carbocycles. The number of aromatic nitrogens is 3. The van der Waals surface area contributed by atoms with E-state index in [0.29, 0.717) is 30.6 Å². The number of hydrogen-bond acceptors (Lipinski definition) is 6. The molecule has 0 radical (unpaired) electrons. The molecule has 1 heterocycles. The van der Waals surface area contributed by atoms with Crippen LogP contribution in [0.1, 0.15) is 36.8 Å². The number of nitrogens with one attached hydrogen (secondary N) is 3. The van der Waals surface area contributed by atoms with Crippen molar-refractivity contribution in [2.75, 3.05) is 17.7 Å². The Kier molecular flexibility index (Phi) is 7.48. The van der Waals surface area contributed by atoms with E-state index in [9.17, 15) is 18.0 Å². The molecule has 1 aromatic heterocycles. The molecule has 3 N–H and O–H groups in total. The van der Waals surface area contributed by atoms with Gasteiger partial charge in [-0.3, -0.25) is 4.79 Å². The standard InChI is InChI=1S/C25H27F3N6O/c1-29-23-32-21(16-7-3-2-4-8-16)33-24(34-23)31-19-13-11-17(12-14-19)22(35)30-15-18-9-5-6-10-20(18)25(26,27)28/h2-10,17,19H,11-15H2,1H3,(H,30,35)(H2,29,31,32,33,34). The molecule has 7 nitrogen and oxygen atoms in total. The normalized spacial score (nSPS) is 18.1. The summed E-state index contributed by atoms with van der Waals surface area (Å²) in [5.74, 6) is 1.01. The van der Waals surface area contributed by atoms with Crippen molar-refractivity contribution in [3.63, 3.8) is 0 Å². The van der Waals surface area contributed by atoms with Gasteiger partial charge in [0.05, 0.1) is 5.56 Å². The maximum Gasteiger partial charge on any atom is 0.416 e. The van der Waals surface area contributed by atoms with E-state index in [-0.39, 0.29) is 30.0 Å². The molecule has 0 spiro atoms. The van der Waals surface area contributed by atoms with Crippen molar-refractivity contribution in [2.24, 2.45) is 5.92 Å². The highest BCUT2D eigenvalue weighted by molar-refractivity contribution is 5.78. The number of hydrogen-bond donors (Lipinski definition) is 3. The number of rotatable bonds is 7. The van der Waals surface area contributed by atoms with E-state index in [1.165, 1.54) is 18.2 Å². The second kappa shape index (κ2) is 10.7. The second-order valence-electron chi connectivity index (χ2n) is 8.49. The Labute approximate surface area is 201 Å². The Balaban J connectivity index is 1.33. The lowest BCUT2D eigenvalue weighted by atomic mass is 9.85. The van der Waals surface area contributed by atoms with E-state index >= 15 is 0 Å². The van der Waals surface area contributed by atoms with Crippen LogP contribution in [0.25, 0.3) is 11.4 Å². The topological polar surface area (TPSA) is 91.8 Å². The summed E-state index contributed by atoms with van der Waals surface area (Å²) in [5.41, 5.74) is 0.219. The Morgan fingerprint density at radius 3 is 2.26 bits per heavy atom. The summed E-state index contributed by atoms with van der Waals surface area (Å²) >= 11 is 0. The zero-order valence-corrected chi connectivity index (χ0v) is 19.3. The first-order chi connectivity index (χ1) is 16.8. The maximum atomic E-state index is 13.2. The highest BCUT2D eigenvalue weighted by Gasteiger charge is 2.33. The van der Waals surface area contributed by atoms with Crippen molar-refractivity contribution >= 4 is 17.8 Å². The largest absolute Gasteiger partial charge is 0.416 e. The van der Waals surface area contributed by atoms with Gasteiger partial charge in [0.2, 0.25) is 17.8 Å². The van der Waals surface area contributed by atoms with Crippen molar-refractivity contribution in [1.29, 1.82) is 0 Å². The lowest BCUT2D eigenvalue weighted by Gasteiger charge is -2.28. The zero-order valence-electron chi connectivity index (χ0n) is 19.3. The molecule has 1 fully saturated rings. The molecule has 184 valence electrons. The lowest BCUT2D eigenvalue weighted by Crippen LogP contribution is -2.36. The van der Waals surface area contributed by atoms with Gasteiger partial charge in [0.1, 0.15) is 0 Å². The van der Waals surface area contributed by atoms with Crippen LogP contribution in [0.15, 0.2) is 54.6 Å². The van der Waals surface area contributed by atoms with Crippen LogP contribution in [0.5, 0.6) is 0 Å². The number of nitrogens with zero attached hydrogens (tertiary/aromatic N) is 3. The monoisotopic (exact) mass is 484 g/mol. The number of anilines is 2. The molecule has 1 amide bonds. The van der Waals surface area contributed by atoms with Crippen LogP contribution in [-0.4, -0.2) is 33.9 Å². The smallest absolute Gasteiger partial charge is 0.357 e. The lowest BCUT2D eigenvalue weighted by molar-refractivity contribution is -0.138. The highest BCUT2D eigenvalue weighted by Crippen LogP contribution is 2.32. The quantitative estimate of drug-likeness (QED) is 0.443. The van der Waals surface area contributed by atoms with Gasteiger partial charge >= 0.3 is 6.18 Å². The Bertz CT molecular complexity index is 1150. The van der Waals surface area contributed by atoms with Gasteiger partial charge in [0.15, 0.2) is 5.82 Å². The molecule has 0 aliphatic heterocycles. The third-order valence-electron chi connectivity index (χ3n) is 6.10. The molecular weight excluding hydrogens is 457 g/mol. The predicted octanol–water partition coefficient (Wildman–Crippen LogP) is 4.89. The first kappa shape index (κ1) is 24.4. The molecule has 0 atom stereocenters. The number of carbonyl (C=O) groups excluding carboxylic acids is 1. The van der Waals surface area contributed by atoms with Crippen molar-refractivity contribution in [3.8, 4) is 11.4 Å². The van der Waals surface area contributed by atoms with E-state index in [1.807, 2.05) is 30.3 Å². The molecule has 0 bridgehead atoms. The van der Waals surface area contributed by atoms with Crippen LogP contribution >= 0.6 is 0 Å². The maximum absolute atomic E-state index is 13.2. The minimum atomic E-state index is -4.45. The Morgan fingerprint density at radius 2 is 1.57 bits per heavy atom. The SMILES string of the molecule is CNc1nc(NC2CCC(C(=O)NCc3ccccc3C(F)(F)F)CC2)nc(-c2ccccc2)n1. The number of carbonyl (C=O) groups is 1. The molecule has 2 aromatic carbocycles. The second-order valence-corrected chi connectivity index (χ2v) is 8.49. The van der Waals surface area contributed by atoms with Gasteiger partial charge in [0.25, 0.3) is 0 Å². The van der Waals surface area contributed by atoms with Gasteiger partial charge in [-0.1, -0.05) is 48.5 Å². The third-order valence-corrected chi connectivity index (χ3v) is 6.10. The highest BCUT2D eigenvalue weighted by atomic mass is 19.4. The van der Waals surface area contributed by atoms with Crippen LogP contribution in [0.4, 0.5) is 25.1 Å². The number of halogens is 3. The summed E-state index contributed by atoms with van der Waals surface area (Å²) in [5, 5.41) is 8.99. The minimum absolute atomic E-state index is 0.0631. The molecule has 0 unspecified atom stereocenters. The molecule has 4 rings (SSSR count). The number of benzene rings is 2. The molecule has 35 heavy (non-hydrogen) atoms. The number of amides is 1. The van der Waals surface area contributed by atoms with Crippen molar-refractivity contribution in [3.05, 3.63) is 65.7 Å². The summed E-state index contributed by atoms with van der Waals surface area (Å²) < 4.78 is 39.5. The fourth-order valence-corrected chi connectivity index (χ4v) is 4.23. The Hall–Kier alpha value is -3.69.